The van der Waals surface area contributed by atoms with Crippen LogP contribution < -0.4 is 20.4 Å². The molecule has 0 saturated carbocycles. The number of rotatable bonds is 4. The molecule has 0 aliphatic heterocycles. The number of aliphatic carboxylic acids is 4. The van der Waals surface area contributed by atoms with E-state index < -0.39 is 23.9 Å². The molecule has 0 spiro atoms. The van der Waals surface area contributed by atoms with Gasteiger partial charge in [-0.15, -0.1) is 0 Å². The van der Waals surface area contributed by atoms with Crippen molar-refractivity contribution in [2.24, 2.45) is 0 Å². The molecule has 0 unspecified atom stereocenters. The van der Waals surface area contributed by atoms with Gasteiger partial charge in [0.15, 0.2) is 0 Å². The molecule has 9 heteroatoms. The van der Waals surface area contributed by atoms with E-state index in [0.717, 1.165) is 24.3 Å². The van der Waals surface area contributed by atoms with E-state index in [1.54, 1.807) is 0 Å². The second kappa shape index (κ2) is 26.0. The summed E-state index contributed by atoms with van der Waals surface area (Å²) in [5.41, 5.74) is 0. The van der Waals surface area contributed by atoms with E-state index in [2.05, 4.69) is 26.3 Å². The molecule has 0 amide bonds. The largest absolute Gasteiger partial charge is 4.00 e. The van der Waals surface area contributed by atoms with Crippen LogP contribution in [0.2, 0.25) is 0 Å². The van der Waals surface area contributed by atoms with Gasteiger partial charge in [-0.2, -0.15) is 0 Å². The number of hydrogen-bond acceptors (Lipinski definition) is 8. The van der Waals surface area contributed by atoms with Crippen molar-refractivity contribution in [3.63, 3.8) is 0 Å². The first-order valence-electron chi connectivity index (χ1n) is 4.42. The normalized spacial score (nSPS) is 6.10. The second-order valence-electron chi connectivity index (χ2n) is 2.09. The van der Waals surface area contributed by atoms with E-state index in [1.165, 1.54) is 0 Å². The topological polar surface area (TPSA) is 161 Å². The fourth-order valence-corrected chi connectivity index (χ4v) is 0. The average Bonchev–Trinajstić information content (AvgIpc) is 2.40. The molecule has 0 aromatic carbocycles. The fraction of sp³-hybridized carbons (Fsp3) is 0. The zero-order valence-electron chi connectivity index (χ0n) is 10.9. The summed E-state index contributed by atoms with van der Waals surface area (Å²) in [4.78, 5) is 36.6. The van der Waals surface area contributed by atoms with Gasteiger partial charge in [0, 0.05) is 0 Å². The van der Waals surface area contributed by atoms with E-state index >= 15 is 0 Å². The minimum absolute atomic E-state index is 0. The predicted molar refractivity (Wildman–Crippen MR) is 66.6 cm³/mol. The van der Waals surface area contributed by atoms with Gasteiger partial charge < -0.3 is 39.6 Å². The first-order valence-corrected chi connectivity index (χ1v) is 4.42. The van der Waals surface area contributed by atoms with Gasteiger partial charge in [0.2, 0.25) is 0 Å². The molecule has 0 aromatic heterocycles. The van der Waals surface area contributed by atoms with E-state index in [1.807, 2.05) is 0 Å². The molecule has 0 saturated heterocycles. The van der Waals surface area contributed by atoms with Crippen molar-refractivity contribution in [3.05, 3.63) is 50.6 Å². The maximum Gasteiger partial charge on any atom is 4.00 e. The number of carboxylic acids is 4. The van der Waals surface area contributed by atoms with Crippen molar-refractivity contribution in [2.45, 2.75) is 0 Å². The molecule has 0 aliphatic carbocycles. The average molecular weight is 357 g/mol. The molecule has 0 bridgehead atoms. The zero-order chi connectivity index (χ0) is 17.1. The van der Waals surface area contributed by atoms with Gasteiger partial charge >= 0.3 is 17.6 Å². The van der Waals surface area contributed by atoms with E-state index in [4.69, 9.17) is 39.6 Å². The minimum atomic E-state index is -1.23. The molecular formula is C12H12GeO8. The Morgan fingerprint density at radius 2 is 0.571 bits per heavy atom. The van der Waals surface area contributed by atoms with Crippen LogP contribution in [0.4, 0.5) is 0 Å². The molecule has 0 aromatic rings. The molecule has 0 rings (SSSR count). The SMILES string of the molecule is C=CC(=O)[O-].C=CC(=O)[O-].C=CC(=O)[O-].C=CC(=O)[O-].[Ge+4]. The summed E-state index contributed by atoms with van der Waals surface area (Å²) in [6.45, 7) is 11.6. The van der Waals surface area contributed by atoms with Crippen molar-refractivity contribution >= 4 is 41.5 Å². The third-order valence-corrected chi connectivity index (χ3v) is 0.667. The maximum atomic E-state index is 9.14. The monoisotopic (exact) mass is 358 g/mol. The summed E-state index contributed by atoms with van der Waals surface area (Å²) in [5, 5.41) is 36.6. The van der Waals surface area contributed by atoms with Crippen LogP contribution in [-0.4, -0.2) is 41.5 Å². The first-order chi connectivity index (χ1) is 9.08. The molecule has 112 valence electrons. The number of carbonyl (C=O) groups is 4. The van der Waals surface area contributed by atoms with Crippen LogP contribution >= 0.6 is 0 Å². The minimum Gasteiger partial charge on any atom is -0.545 e. The summed E-state index contributed by atoms with van der Waals surface area (Å²) >= 11 is 0. The van der Waals surface area contributed by atoms with Gasteiger partial charge in [-0.25, -0.2) is 0 Å². The van der Waals surface area contributed by atoms with E-state index in [-0.39, 0.29) is 17.6 Å². The van der Waals surface area contributed by atoms with Crippen molar-refractivity contribution in [2.75, 3.05) is 0 Å². The molecule has 21 heavy (non-hydrogen) atoms. The molecule has 0 atom stereocenters. The van der Waals surface area contributed by atoms with Crippen molar-refractivity contribution in [1.29, 1.82) is 0 Å². The van der Waals surface area contributed by atoms with Gasteiger partial charge in [-0.1, -0.05) is 26.3 Å². The molecule has 0 heterocycles. The Kier molecular flexibility index (Phi) is 38.5. The summed E-state index contributed by atoms with van der Waals surface area (Å²) < 4.78 is 0. The first kappa shape index (κ1) is 31.0. The van der Waals surface area contributed by atoms with Gasteiger partial charge in [0.1, 0.15) is 0 Å². The van der Waals surface area contributed by atoms with Crippen LogP contribution in [0, 0.1) is 0 Å². The Balaban J connectivity index is -0.0000000533. The van der Waals surface area contributed by atoms with Crippen LogP contribution in [0.25, 0.3) is 0 Å². The molecule has 0 N–H and O–H groups in total. The number of carboxylic acid groups (broad SMARTS) is 4. The van der Waals surface area contributed by atoms with E-state index in [9.17, 15) is 0 Å². The van der Waals surface area contributed by atoms with Gasteiger partial charge in [0.05, 0.1) is 23.9 Å². The third-order valence-electron chi connectivity index (χ3n) is 0.667. The smallest absolute Gasteiger partial charge is 0.545 e. The quantitative estimate of drug-likeness (QED) is 0.358. The van der Waals surface area contributed by atoms with Crippen LogP contribution in [0.1, 0.15) is 0 Å². The molecule has 0 radical (unpaired) electrons. The van der Waals surface area contributed by atoms with Crippen LogP contribution in [0.5, 0.6) is 0 Å². The molecule has 0 fully saturated rings. The zero-order valence-corrected chi connectivity index (χ0v) is 13.0. The van der Waals surface area contributed by atoms with Crippen LogP contribution in [-0.2, 0) is 19.2 Å². The van der Waals surface area contributed by atoms with Gasteiger partial charge in [-0.05, 0) is 24.3 Å². The van der Waals surface area contributed by atoms with Crippen molar-refractivity contribution in [1.82, 2.24) is 0 Å². The predicted octanol–water partition coefficient (Wildman–Crippen LogP) is -4.69. The summed E-state index contributed by atoms with van der Waals surface area (Å²) in [5.74, 6) is -4.93. The Morgan fingerprint density at radius 3 is 0.571 bits per heavy atom. The standard InChI is InChI=1S/4C3H4O2.Ge/c4*1-2-3(4)5;/h4*2H,1H2,(H,4,5);/q;;;;+4/p-4. The maximum absolute atomic E-state index is 9.14. The number of hydrogen-bond donors (Lipinski definition) is 0. The Morgan fingerprint density at radius 1 is 0.524 bits per heavy atom. The Bertz CT molecular complexity index is 301. The van der Waals surface area contributed by atoms with Gasteiger partial charge in [0.25, 0.3) is 0 Å². The summed E-state index contributed by atoms with van der Waals surface area (Å²) in [6.07, 6.45) is 2.89. The Hall–Kier alpha value is -2.62. The fourth-order valence-electron chi connectivity index (χ4n) is 0. The number of carbonyl (C=O) groups excluding carboxylic acids is 4. The Labute approximate surface area is 132 Å². The molecule has 8 nitrogen and oxygen atoms in total. The summed E-state index contributed by atoms with van der Waals surface area (Å²) in [7, 11) is 0. The van der Waals surface area contributed by atoms with Crippen LogP contribution in [0.3, 0.4) is 0 Å². The van der Waals surface area contributed by atoms with Crippen LogP contribution in [0.15, 0.2) is 50.6 Å². The van der Waals surface area contributed by atoms with Crippen molar-refractivity contribution in [3.8, 4) is 0 Å². The van der Waals surface area contributed by atoms with E-state index in [0.29, 0.717) is 0 Å². The third kappa shape index (κ3) is 142. The molecule has 0 aliphatic rings. The molecular weight excluding hydrogens is 345 g/mol. The van der Waals surface area contributed by atoms with Crippen molar-refractivity contribution < 1.29 is 39.6 Å². The summed E-state index contributed by atoms with van der Waals surface area (Å²) in [6, 6.07) is 0. The second-order valence-corrected chi connectivity index (χ2v) is 2.09. The van der Waals surface area contributed by atoms with Gasteiger partial charge in [-0.3, -0.25) is 0 Å².